The minimum absolute atomic E-state index is 0.604. The lowest BCUT2D eigenvalue weighted by molar-refractivity contribution is 0.100. The minimum Gasteiger partial charge on any atom is -0.378 e. The molecule has 0 bridgehead atoms. The average molecular weight is 223 g/mol. The van der Waals surface area contributed by atoms with Crippen molar-refractivity contribution in [3.63, 3.8) is 0 Å². The summed E-state index contributed by atoms with van der Waals surface area (Å²) in [5.41, 5.74) is 0.710. The van der Waals surface area contributed by atoms with Crippen molar-refractivity contribution in [3.8, 4) is 0 Å². The zero-order chi connectivity index (χ0) is 10.8. The van der Waals surface area contributed by atoms with Gasteiger partial charge in [-0.2, -0.15) is 0 Å². The van der Waals surface area contributed by atoms with Gasteiger partial charge >= 0.3 is 0 Å². The van der Waals surface area contributed by atoms with Crippen molar-refractivity contribution in [1.29, 1.82) is 0 Å². The van der Waals surface area contributed by atoms with Crippen molar-refractivity contribution in [2.75, 3.05) is 13.2 Å². The lowest BCUT2D eigenvalue weighted by atomic mass is 9.97. The van der Waals surface area contributed by atoms with Crippen LogP contribution in [-0.4, -0.2) is 25.3 Å². The molecular weight excluding hydrogens is 198 g/mol. The zero-order valence-corrected chi connectivity index (χ0v) is 10.3. The third-order valence-electron chi connectivity index (χ3n) is 4.56. The van der Waals surface area contributed by atoms with Crippen molar-refractivity contribution in [2.45, 2.75) is 69.9 Å². The van der Waals surface area contributed by atoms with E-state index in [0.29, 0.717) is 11.5 Å². The molecule has 1 unspecified atom stereocenters. The van der Waals surface area contributed by atoms with E-state index in [9.17, 15) is 0 Å². The lowest BCUT2D eigenvalue weighted by Crippen LogP contribution is -2.26. The molecule has 0 aromatic heterocycles. The Balaban J connectivity index is 1.30. The Morgan fingerprint density at radius 3 is 2.69 bits per heavy atom. The molecule has 1 atom stereocenters. The highest BCUT2D eigenvalue weighted by molar-refractivity contribution is 4.97. The summed E-state index contributed by atoms with van der Waals surface area (Å²) in [5, 5.41) is 3.71. The summed E-state index contributed by atoms with van der Waals surface area (Å²) in [6.07, 6.45) is 13.1. The largest absolute Gasteiger partial charge is 0.378 e. The molecule has 16 heavy (non-hydrogen) atoms. The van der Waals surface area contributed by atoms with Crippen molar-refractivity contribution in [3.05, 3.63) is 0 Å². The number of nitrogens with one attached hydrogen (secondary N) is 1. The van der Waals surface area contributed by atoms with Gasteiger partial charge < -0.3 is 10.1 Å². The highest BCUT2D eigenvalue weighted by Crippen LogP contribution is 2.49. The summed E-state index contributed by atoms with van der Waals surface area (Å²) in [6.45, 7) is 2.31. The molecule has 1 N–H and O–H groups in total. The van der Waals surface area contributed by atoms with Crippen LogP contribution in [0.5, 0.6) is 0 Å². The first-order valence-corrected chi connectivity index (χ1v) is 7.21. The van der Waals surface area contributed by atoms with Gasteiger partial charge in [0.2, 0.25) is 0 Å². The first kappa shape index (κ1) is 11.0. The SMILES string of the molecule is C1COC(CCCC2(CNC3CC3)CC2)C1. The summed E-state index contributed by atoms with van der Waals surface area (Å²) in [5.74, 6) is 0. The topological polar surface area (TPSA) is 21.3 Å². The molecule has 0 aromatic carbocycles. The van der Waals surface area contributed by atoms with Gasteiger partial charge in [-0.25, -0.2) is 0 Å². The van der Waals surface area contributed by atoms with Crippen LogP contribution >= 0.6 is 0 Å². The average Bonchev–Trinajstić information content (AvgIpc) is 3.19. The van der Waals surface area contributed by atoms with Gasteiger partial charge in [-0.15, -0.1) is 0 Å². The summed E-state index contributed by atoms with van der Waals surface area (Å²) >= 11 is 0. The van der Waals surface area contributed by atoms with Gasteiger partial charge in [0, 0.05) is 19.2 Å². The highest BCUT2D eigenvalue weighted by atomic mass is 16.5. The molecule has 3 aliphatic rings. The van der Waals surface area contributed by atoms with E-state index in [2.05, 4.69) is 5.32 Å². The van der Waals surface area contributed by atoms with Crippen LogP contribution in [0, 0.1) is 5.41 Å². The maximum absolute atomic E-state index is 5.68. The van der Waals surface area contributed by atoms with Gasteiger partial charge in [0.05, 0.1) is 6.10 Å². The fourth-order valence-electron chi connectivity index (χ4n) is 2.92. The Bertz CT molecular complexity index is 227. The quantitative estimate of drug-likeness (QED) is 0.716. The Morgan fingerprint density at radius 2 is 2.06 bits per heavy atom. The van der Waals surface area contributed by atoms with Gasteiger partial charge in [-0.1, -0.05) is 6.42 Å². The third kappa shape index (κ3) is 2.98. The maximum atomic E-state index is 5.68. The Hall–Kier alpha value is -0.0800. The van der Waals surface area contributed by atoms with Crippen LogP contribution in [0.1, 0.15) is 57.8 Å². The molecule has 2 heteroatoms. The molecule has 0 aromatic rings. The number of hydrogen-bond donors (Lipinski definition) is 1. The first-order chi connectivity index (χ1) is 7.86. The minimum atomic E-state index is 0.604. The lowest BCUT2D eigenvalue weighted by Gasteiger charge is -2.17. The molecule has 3 fully saturated rings. The number of ether oxygens (including phenoxy) is 1. The Labute approximate surface area is 99.1 Å². The second-order valence-corrected chi connectivity index (χ2v) is 6.18. The molecule has 0 radical (unpaired) electrons. The molecule has 0 spiro atoms. The van der Waals surface area contributed by atoms with Crippen LogP contribution in [0.3, 0.4) is 0 Å². The molecule has 2 aliphatic carbocycles. The summed E-state index contributed by atoms with van der Waals surface area (Å²) in [6, 6.07) is 0.885. The number of hydrogen-bond acceptors (Lipinski definition) is 2. The molecule has 0 amide bonds. The van der Waals surface area contributed by atoms with E-state index in [1.807, 2.05) is 0 Å². The Morgan fingerprint density at radius 1 is 1.19 bits per heavy atom. The van der Waals surface area contributed by atoms with Gasteiger partial charge in [0.15, 0.2) is 0 Å². The van der Waals surface area contributed by atoms with Gasteiger partial charge in [-0.05, 0) is 56.8 Å². The predicted molar refractivity (Wildman–Crippen MR) is 65.5 cm³/mol. The summed E-state index contributed by atoms with van der Waals surface area (Å²) in [7, 11) is 0. The fraction of sp³-hybridized carbons (Fsp3) is 1.00. The van der Waals surface area contributed by atoms with Crippen LogP contribution in [0.2, 0.25) is 0 Å². The van der Waals surface area contributed by atoms with E-state index in [1.165, 1.54) is 64.3 Å². The summed E-state index contributed by atoms with van der Waals surface area (Å²) in [4.78, 5) is 0. The van der Waals surface area contributed by atoms with Crippen molar-refractivity contribution in [1.82, 2.24) is 5.32 Å². The second kappa shape index (κ2) is 4.66. The summed E-state index contributed by atoms with van der Waals surface area (Å²) < 4.78 is 5.68. The van der Waals surface area contributed by atoms with Gasteiger partial charge in [-0.3, -0.25) is 0 Å². The normalized spacial score (nSPS) is 31.9. The van der Waals surface area contributed by atoms with E-state index in [4.69, 9.17) is 4.74 Å². The van der Waals surface area contributed by atoms with Crippen LogP contribution in [-0.2, 0) is 4.74 Å². The molecule has 1 saturated heterocycles. The predicted octanol–water partition coefficient (Wildman–Crippen LogP) is 2.87. The zero-order valence-electron chi connectivity index (χ0n) is 10.3. The molecule has 2 saturated carbocycles. The van der Waals surface area contributed by atoms with E-state index < -0.39 is 0 Å². The van der Waals surface area contributed by atoms with Crippen molar-refractivity contribution < 1.29 is 4.74 Å². The van der Waals surface area contributed by atoms with Crippen LogP contribution in [0.15, 0.2) is 0 Å². The standard InChI is InChI=1S/C14H25NO/c1(3-13-4-2-10-16-13)7-14(8-9-14)11-15-12-5-6-12/h12-13,15H,1-11H2. The van der Waals surface area contributed by atoms with E-state index in [-0.39, 0.29) is 0 Å². The smallest absolute Gasteiger partial charge is 0.0576 e. The number of rotatable bonds is 7. The third-order valence-corrected chi connectivity index (χ3v) is 4.56. The van der Waals surface area contributed by atoms with Gasteiger partial charge in [0.25, 0.3) is 0 Å². The van der Waals surface area contributed by atoms with Gasteiger partial charge in [0.1, 0.15) is 0 Å². The van der Waals surface area contributed by atoms with Crippen LogP contribution in [0.4, 0.5) is 0 Å². The molecule has 2 nitrogen and oxygen atoms in total. The van der Waals surface area contributed by atoms with E-state index >= 15 is 0 Å². The monoisotopic (exact) mass is 223 g/mol. The highest BCUT2D eigenvalue weighted by Gasteiger charge is 2.42. The molecule has 3 rings (SSSR count). The van der Waals surface area contributed by atoms with Crippen molar-refractivity contribution >= 4 is 0 Å². The van der Waals surface area contributed by atoms with E-state index in [0.717, 1.165) is 12.6 Å². The van der Waals surface area contributed by atoms with Crippen LogP contribution in [0.25, 0.3) is 0 Å². The molecular formula is C14H25NO. The maximum Gasteiger partial charge on any atom is 0.0576 e. The molecule has 92 valence electrons. The molecule has 1 aliphatic heterocycles. The molecule has 1 heterocycles. The van der Waals surface area contributed by atoms with Crippen molar-refractivity contribution in [2.24, 2.45) is 5.41 Å². The van der Waals surface area contributed by atoms with E-state index in [1.54, 1.807) is 0 Å². The fourth-order valence-corrected chi connectivity index (χ4v) is 2.92. The van der Waals surface area contributed by atoms with Crippen LogP contribution < -0.4 is 5.32 Å². The Kier molecular flexibility index (Phi) is 3.21. The first-order valence-electron chi connectivity index (χ1n) is 7.21. The second-order valence-electron chi connectivity index (χ2n) is 6.18.